The number of pyridine rings is 1. The molecule has 0 radical (unpaired) electrons. The summed E-state index contributed by atoms with van der Waals surface area (Å²) in [5.74, 6) is 0.793. The second-order valence-corrected chi connectivity index (χ2v) is 3.06. The van der Waals surface area contributed by atoms with E-state index in [4.69, 9.17) is 4.52 Å². The highest BCUT2D eigenvalue weighted by atomic mass is 16.5. The van der Waals surface area contributed by atoms with Crippen molar-refractivity contribution in [2.24, 2.45) is 0 Å². The number of anilines is 1. The molecule has 0 unspecified atom stereocenters. The standard InChI is InChI=1S/C10H11N3O/c1-8-7-14-13-10(8)12-6-9-2-4-11-5-3-9/h2-5,7H,6H2,1H3,(H,12,13). The zero-order valence-corrected chi connectivity index (χ0v) is 7.90. The van der Waals surface area contributed by atoms with Gasteiger partial charge < -0.3 is 9.84 Å². The average Bonchev–Trinajstić information content (AvgIpc) is 2.63. The molecule has 0 saturated heterocycles. The molecule has 0 saturated carbocycles. The Kier molecular flexibility index (Phi) is 2.44. The third-order valence-corrected chi connectivity index (χ3v) is 1.96. The van der Waals surface area contributed by atoms with Gasteiger partial charge in [0, 0.05) is 24.5 Å². The van der Waals surface area contributed by atoms with E-state index >= 15 is 0 Å². The van der Waals surface area contributed by atoms with E-state index < -0.39 is 0 Å². The lowest BCUT2D eigenvalue weighted by molar-refractivity contribution is 0.421. The molecule has 0 spiro atoms. The zero-order valence-electron chi connectivity index (χ0n) is 7.90. The molecule has 0 atom stereocenters. The molecule has 0 aliphatic heterocycles. The highest BCUT2D eigenvalue weighted by Gasteiger charge is 2.01. The molecule has 2 heterocycles. The predicted octanol–water partition coefficient (Wildman–Crippen LogP) is 1.99. The van der Waals surface area contributed by atoms with Crippen LogP contribution in [0, 0.1) is 6.92 Å². The molecular weight excluding hydrogens is 178 g/mol. The van der Waals surface area contributed by atoms with Crippen LogP contribution in [0.25, 0.3) is 0 Å². The molecule has 0 aromatic carbocycles. The summed E-state index contributed by atoms with van der Waals surface area (Å²) in [5.41, 5.74) is 2.18. The molecule has 1 N–H and O–H groups in total. The molecule has 72 valence electrons. The fourth-order valence-electron chi connectivity index (χ4n) is 1.14. The van der Waals surface area contributed by atoms with Crippen molar-refractivity contribution in [2.75, 3.05) is 5.32 Å². The lowest BCUT2D eigenvalue weighted by Gasteiger charge is -2.02. The van der Waals surface area contributed by atoms with Gasteiger partial charge in [-0.1, -0.05) is 5.16 Å². The maximum Gasteiger partial charge on any atom is 0.172 e. The molecule has 0 fully saturated rings. The van der Waals surface area contributed by atoms with Gasteiger partial charge in [0.1, 0.15) is 6.26 Å². The minimum Gasteiger partial charge on any atom is -0.363 e. The zero-order chi connectivity index (χ0) is 9.80. The van der Waals surface area contributed by atoms with Gasteiger partial charge in [-0.2, -0.15) is 0 Å². The normalized spacial score (nSPS) is 10.1. The summed E-state index contributed by atoms with van der Waals surface area (Å²) < 4.78 is 4.81. The van der Waals surface area contributed by atoms with Gasteiger partial charge in [-0.25, -0.2) is 0 Å². The first-order chi connectivity index (χ1) is 6.86. The smallest absolute Gasteiger partial charge is 0.172 e. The van der Waals surface area contributed by atoms with Crippen molar-refractivity contribution in [3.8, 4) is 0 Å². The summed E-state index contributed by atoms with van der Waals surface area (Å²) in [7, 11) is 0. The van der Waals surface area contributed by atoms with Crippen LogP contribution in [0.3, 0.4) is 0 Å². The number of aryl methyl sites for hydroxylation is 1. The maximum atomic E-state index is 4.81. The molecule has 4 heteroatoms. The van der Waals surface area contributed by atoms with Crippen LogP contribution in [-0.4, -0.2) is 10.1 Å². The summed E-state index contributed by atoms with van der Waals surface area (Å²) >= 11 is 0. The lowest BCUT2D eigenvalue weighted by Crippen LogP contribution is -2.00. The van der Waals surface area contributed by atoms with Crippen LogP contribution in [0.2, 0.25) is 0 Å². The van der Waals surface area contributed by atoms with Crippen molar-refractivity contribution in [2.45, 2.75) is 13.5 Å². The van der Waals surface area contributed by atoms with Gasteiger partial charge in [-0.05, 0) is 24.6 Å². The molecule has 2 aromatic heterocycles. The van der Waals surface area contributed by atoms with E-state index in [1.54, 1.807) is 18.7 Å². The minimum absolute atomic E-state index is 0.732. The van der Waals surface area contributed by atoms with Gasteiger partial charge in [0.2, 0.25) is 0 Å². The van der Waals surface area contributed by atoms with Gasteiger partial charge in [-0.15, -0.1) is 0 Å². The van der Waals surface area contributed by atoms with Crippen LogP contribution in [0.15, 0.2) is 35.3 Å². The number of nitrogens with one attached hydrogen (secondary N) is 1. The Morgan fingerprint density at radius 1 is 1.36 bits per heavy atom. The fraction of sp³-hybridized carbons (Fsp3) is 0.200. The first kappa shape index (κ1) is 8.74. The maximum absolute atomic E-state index is 4.81. The van der Waals surface area contributed by atoms with Gasteiger partial charge in [0.05, 0.1) is 0 Å². The minimum atomic E-state index is 0.732. The van der Waals surface area contributed by atoms with Crippen LogP contribution in [-0.2, 0) is 6.54 Å². The Labute approximate surface area is 82.0 Å². The second kappa shape index (κ2) is 3.91. The summed E-state index contributed by atoms with van der Waals surface area (Å²) in [6.07, 6.45) is 5.16. The summed E-state index contributed by atoms with van der Waals surface area (Å²) in [4.78, 5) is 3.95. The van der Waals surface area contributed by atoms with Crippen molar-refractivity contribution in [1.29, 1.82) is 0 Å². The van der Waals surface area contributed by atoms with Crippen LogP contribution < -0.4 is 5.32 Å². The molecule has 0 aliphatic carbocycles. The summed E-state index contributed by atoms with van der Waals surface area (Å²) in [5, 5.41) is 7.01. The first-order valence-electron chi connectivity index (χ1n) is 4.40. The number of hydrogen-bond acceptors (Lipinski definition) is 4. The van der Waals surface area contributed by atoms with Crippen molar-refractivity contribution in [3.63, 3.8) is 0 Å². The van der Waals surface area contributed by atoms with E-state index in [2.05, 4.69) is 15.5 Å². The van der Waals surface area contributed by atoms with E-state index in [9.17, 15) is 0 Å². The molecule has 14 heavy (non-hydrogen) atoms. The lowest BCUT2D eigenvalue weighted by atomic mass is 10.2. The molecule has 2 rings (SSSR count). The van der Waals surface area contributed by atoms with Gasteiger partial charge in [-0.3, -0.25) is 4.98 Å². The molecule has 4 nitrogen and oxygen atoms in total. The van der Waals surface area contributed by atoms with Gasteiger partial charge in [0.15, 0.2) is 5.82 Å². The fourth-order valence-corrected chi connectivity index (χ4v) is 1.14. The predicted molar refractivity (Wildman–Crippen MR) is 52.8 cm³/mol. The van der Waals surface area contributed by atoms with E-state index in [1.807, 2.05) is 19.1 Å². The Morgan fingerprint density at radius 2 is 2.14 bits per heavy atom. The first-order valence-corrected chi connectivity index (χ1v) is 4.40. The number of rotatable bonds is 3. The molecule has 2 aromatic rings. The van der Waals surface area contributed by atoms with Gasteiger partial charge >= 0.3 is 0 Å². The molecule has 0 amide bonds. The summed E-state index contributed by atoms with van der Waals surface area (Å²) in [6, 6.07) is 3.92. The molecule has 0 aliphatic rings. The average molecular weight is 189 g/mol. The Balaban J connectivity index is 1.99. The van der Waals surface area contributed by atoms with E-state index in [0.29, 0.717) is 0 Å². The van der Waals surface area contributed by atoms with Crippen molar-refractivity contribution < 1.29 is 4.52 Å². The van der Waals surface area contributed by atoms with Crippen LogP contribution in [0.1, 0.15) is 11.1 Å². The molecular formula is C10H11N3O. The van der Waals surface area contributed by atoms with Crippen molar-refractivity contribution in [1.82, 2.24) is 10.1 Å². The van der Waals surface area contributed by atoms with Crippen LogP contribution in [0.4, 0.5) is 5.82 Å². The monoisotopic (exact) mass is 189 g/mol. The van der Waals surface area contributed by atoms with Crippen LogP contribution >= 0.6 is 0 Å². The highest BCUT2D eigenvalue weighted by molar-refractivity contribution is 5.40. The second-order valence-electron chi connectivity index (χ2n) is 3.06. The quantitative estimate of drug-likeness (QED) is 0.802. The molecule has 0 bridgehead atoms. The highest BCUT2D eigenvalue weighted by Crippen LogP contribution is 2.11. The van der Waals surface area contributed by atoms with E-state index in [-0.39, 0.29) is 0 Å². The van der Waals surface area contributed by atoms with E-state index in [1.165, 1.54) is 5.56 Å². The summed E-state index contributed by atoms with van der Waals surface area (Å²) in [6.45, 7) is 2.68. The Bertz CT molecular complexity index is 397. The third-order valence-electron chi connectivity index (χ3n) is 1.96. The van der Waals surface area contributed by atoms with Crippen LogP contribution in [0.5, 0.6) is 0 Å². The van der Waals surface area contributed by atoms with E-state index in [0.717, 1.165) is 17.9 Å². The van der Waals surface area contributed by atoms with Crippen molar-refractivity contribution >= 4 is 5.82 Å². The largest absolute Gasteiger partial charge is 0.363 e. The number of nitrogens with zero attached hydrogens (tertiary/aromatic N) is 2. The van der Waals surface area contributed by atoms with Gasteiger partial charge in [0.25, 0.3) is 0 Å². The Morgan fingerprint density at radius 3 is 2.79 bits per heavy atom. The SMILES string of the molecule is Cc1conc1NCc1ccncc1. The third kappa shape index (κ3) is 1.90. The number of aromatic nitrogens is 2. The number of hydrogen-bond donors (Lipinski definition) is 1. The topological polar surface area (TPSA) is 51.0 Å². The Hall–Kier alpha value is -1.84. The van der Waals surface area contributed by atoms with Crippen molar-refractivity contribution in [3.05, 3.63) is 41.9 Å².